The van der Waals surface area contributed by atoms with Gasteiger partial charge in [0.1, 0.15) is 12.4 Å². The summed E-state index contributed by atoms with van der Waals surface area (Å²) in [7, 11) is 0. The van der Waals surface area contributed by atoms with Crippen molar-refractivity contribution >= 4 is 17.0 Å². The van der Waals surface area contributed by atoms with Crippen LogP contribution in [-0.2, 0) is 9.53 Å². The summed E-state index contributed by atoms with van der Waals surface area (Å²) in [5.41, 5.74) is 9.01. The van der Waals surface area contributed by atoms with Crippen LogP contribution in [0.4, 0.5) is 0 Å². The Labute approximate surface area is 151 Å². The van der Waals surface area contributed by atoms with Gasteiger partial charge in [0.05, 0.1) is 35.5 Å². The summed E-state index contributed by atoms with van der Waals surface area (Å²) >= 11 is 0. The third-order valence-electron chi connectivity index (χ3n) is 5.31. The second-order valence-corrected chi connectivity index (χ2v) is 7.41. The zero-order chi connectivity index (χ0) is 19.0. The molecule has 1 fully saturated rings. The number of hydrogen-bond donors (Lipinski definition) is 4. The molecule has 0 spiro atoms. The van der Waals surface area contributed by atoms with Crippen LogP contribution in [0.3, 0.4) is 0 Å². The lowest BCUT2D eigenvalue weighted by Gasteiger charge is -2.19. The van der Waals surface area contributed by atoms with Crippen molar-refractivity contribution in [3.63, 3.8) is 0 Å². The van der Waals surface area contributed by atoms with Crippen molar-refractivity contribution in [1.82, 2.24) is 15.0 Å². The van der Waals surface area contributed by atoms with Gasteiger partial charge in [-0.25, -0.2) is 9.97 Å². The quantitative estimate of drug-likeness (QED) is 0.573. The van der Waals surface area contributed by atoms with Crippen LogP contribution < -0.4 is 5.73 Å². The van der Waals surface area contributed by atoms with E-state index in [-0.39, 0.29) is 24.4 Å². The first kappa shape index (κ1) is 18.8. The van der Waals surface area contributed by atoms with E-state index in [0.29, 0.717) is 6.42 Å². The minimum atomic E-state index is -0.976. The highest BCUT2D eigenvalue weighted by molar-refractivity contribution is 5.81. The van der Waals surface area contributed by atoms with Gasteiger partial charge in [0.25, 0.3) is 0 Å². The van der Waals surface area contributed by atoms with Gasteiger partial charge < -0.3 is 25.7 Å². The summed E-state index contributed by atoms with van der Waals surface area (Å²) in [6, 6.07) is -0.692. The number of nitrogens with two attached hydrogens (primary N) is 1. The van der Waals surface area contributed by atoms with Crippen LogP contribution in [0.2, 0.25) is 0 Å². The molecule has 8 nitrogen and oxygen atoms in total. The second kappa shape index (κ2) is 7.30. The molecule has 0 unspecified atom stereocenters. The van der Waals surface area contributed by atoms with Gasteiger partial charge in [0.2, 0.25) is 0 Å². The number of fused-ring (bicyclic) bond motifs is 1. The highest BCUT2D eigenvalue weighted by atomic mass is 16.5. The lowest BCUT2D eigenvalue weighted by molar-refractivity contribution is -0.149. The fraction of sp³-hybridized carbons (Fsp3) is 0.611. The Kier molecular flexibility index (Phi) is 5.27. The van der Waals surface area contributed by atoms with Crippen molar-refractivity contribution in [2.75, 3.05) is 6.61 Å². The Morgan fingerprint density at radius 3 is 2.81 bits per heavy atom. The van der Waals surface area contributed by atoms with Crippen LogP contribution >= 0.6 is 0 Å². The van der Waals surface area contributed by atoms with Crippen molar-refractivity contribution in [2.24, 2.45) is 17.6 Å². The zero-order valence-corrected chi connectivity index (χ0v) is 15.2. The van der Waals surface area contributed by atoms with Crippen molar-refractivity contribution < 1.29 is 19.7 Å². The molecule has 0 radical (unpaired) electrons. The number of aliphatic hydroxyl groups is 2. The Morgan fingerprint density at radius 2 is 2.12 bits per heavy atom. The summed E-state index contributed by atoms with van der Waals surface area (Å²) in [5, 5.41) is 20.9. The van der Waals surface area contributed by atoms with Crippen LogP contribution in [0.5, 0.6) is 0 Å². The highest BCUT2D eigenvalue weighted by Gasteiger charge is 2.43. The maximum atomic E-state index is 11.9. The van der Waals surface area contributed by atoms with E-state index in [4.69, 9.17) is 10.5 Å². The molecule has 2 aromatic rings. The summed E-state index contributed by atoms with van der Waals surface area (Å²) in [4.78, 5) is 23.5. The van der Waals surface area contributed by atoms with Gasteiger partial charge in [-0.05, 0) is 19.3 Å². The van der Waals surface area contributed by atoms with Gasteiger partial charge >= 0.3 is 5.97 Å². The van der Waals surface area contributed by atoms with E-state index in [2.05, 4.69) is 15.0 Å². The van der Waals surface area contributed by atoms with Crippen LogP contribution in [0.25, 0.3) is 11.0 Å². The van der Waals surface area contributed by atoms with Crippen molar-refractivity contribution in [3.8, 4) is 0 Å². The number of aryl methyl sites for hydroxylation is 1. The van der Waals surface area contributed by atoms with Gasteiger partial charge in [-0.1, -0.05) is 13.8 Å². The highest BCUT2D eigenvalue weighted by Crippen LogP contribution is 2.41. The molecule has 5 atom stereocenters. The van der Waals surface area contributed by atoms with E-state index in [9.17, 15) is 15.0 Å². The van der Waals surface area contributed by atoms with Crippen LogP contribution in [0.15, 0.2) is 12.5 Å². The standard InChI is InChI=1S/C18H26N4O4/c1-8(2)13(19)18(25)26-6-10-4-11(17(24)16(10)23)12-5-20-14-9(3)21-7-22-15(12)14/h5,7-8,10-11,13,16-17,20,23-24H,4,6,19H2,1-3H3/t10-,11+,13+,16-,17+/m1/s1. The predicted octanol–water partition coefficient (Wildman–Crippen LogP) is 0.618. The van der Waals surface area contributed by atoms with Crippen LogP contribution in [0, 0.1) is 18.8 Å². The molecule has 8 heteroatoms. The molecule has 1 saturated carbocycles. The molecule has 3 rings (SSSR count). The maximum absolute atomic E-state index is 11.9. The van der Waals surface area contributed by atoms with E-state index < -0.39 is 24.2 Å². The molecular weight excluding hydrogens is 336 g/mol. The first-order valence-electron chi connectivity index (χ1n) is 8.88. The fourth-order valence-corrected chi connectivity index (χ4v) is 3.52. The predicted molar refractivity (Wildman–Crippen MR) is 95.3 cm³/mol. The van der Waals surface area contributed by atoms with E-state index in [1.54, 1.807) is 6.20 Å². The van der Waals surface area contributed by atoms with Gasteiger partial charge in [-0.2, -0.15) is 0 Å². The minimum absolute atomic E-state index is 0.0246. The Balaban J connectivity index is 1.73. The molecule has 0 saturated heterocycles. The number of hydrogen-bond acceptors (Lipinski definition) is 7. The molecule has 0 aliphatic heterocycles. The third-order valence-corrected chi connectivity index (χ3v) is 5.31. The average Bonchev–Trinajstić information content (AvgIpc) is 3.15. The maximum Gasteiger partial charge on any atom is 0.323 e. The molecule has 2 aromatic heterocycles. The lowest BCUT2D eigenvalue weighted by Crippen LogP contribution is -2.38. The summed E-state index contributed by atoms with van der Waals surface area (Å²) < 4.78 is 5.27. The molecule has 0 aromatic carbocycles. The molecule has 142 valence electrons. The zero-order valence-electron chi connectivity index (χ0n) is 15.2. The number of aliphatic hydroxyl groups excluding tert-OH is 2. The van der Waals surface area contributed by atoms with E-state index >= 15 is 0 Å². The fourth-order valence-electron chi connectivity index (χ4n) is 3.52. The van der Waals surface area contributed by atoms with Crippen molar-refractivity contribution in [2.45, 2.75) is 51.4 Å². The monoisotopic (exact) mass is 362 g/mol. The van der Waals surface area contributed by atoms with Crippen LogP contribution in [0.1, 0.15) is 37.4 Å². The molecule has 0 amide bonds. The Bertz CT molecular complexity index is 791. The van der Waals surface area contributed by atoms with Crippen molar-refractivity contribution in [3.05, 3.63) is 23.8 Å². The largest absolute Gasteiger partial charge is 0.464 e. The number of ether oxygens (including phenoxy) is 1. The molecule has 5 N–H and O–H groups in total. The molecule has 26 heavy (non-hydrogen) atoms. The Morgan fingerprint density at radius 1 is 1.38 bits per heavy atom. The van der Waals surface area contributed by atoms with Crippen molar-refractivity contribution in [1.29, 1.82) is 0 Å². The number of aromatic amines is 1. The molecular formula is C18H26N4O4. The summed E-state index contributed by atoms with van der Waals surface area (Å²) in [6.07, 6.45) is 1.85. The number of H-pyrrole nitrogens is 1. The summed E-state index contributed by atoms with van der Waals surface area (Å²) in [5.74, 6) is -1.16. The summed E-state index contributed by atoms with van der Waals surface area (Å²) in [6.45, 7) is 5.60. The number of aromatic nitrogens is 3. The number of nitrogens with one attached hydrogen (secondary N) is 1. The number of esters is 1. The molecule has 2 heterocycles. The number of rotatable bonds is 5. The first-order chi connectivity index (χ1) is 12.3. The SMILES string of the molecule is Cc1ncnc2c([C@@H]3C[C@H](COC(=O)[C@@H](N)C(C)C)[C@@H](O)[C@H]3O)c[nH]c12. The normalized spacial score (nSPS) is 27.2. The van der Waals surface area contributed by atoms with Gasteiger partial charge in [0.15, 0.2) is 0 Å². The van der Waals surface area contributed by atoms with E-state index in [0.717, 1.165) is 22.3 Å². The van der Waals surface area contributed by atoms with Gasteiger partial charge in [-0.15, -0.1) is 0 Å². The minimum Gasteiger partial charge on any atom is -0.464 e. The van der Waals surface area contributed by atoms with Gasteiger partial charge in [-0.3, -0.25) is 4.79 Å². The Hall–Kier alpha value is -2.03. The van der Waals surface area contributed by atoms with E-state index in [1.165, 1.54) is 6.33 Å². The lowest BCUT2D eigenvalue weighted by atomic mass is 9.96. The topological polar surface area (TPSA) is 134 Å². The molecule has 1 aliphatic rings. The third kappa shape index (κ3) is 3.32. The molecule has 1 aliphatic carbocycles. The smallest absolute Gasteiger partial charge is 0.323 e. The number of carbonyl (C=O) groups excluding carboxylic acids is 1. The van der Waals surface area contributed by atoms with Gasteiger partial charge in [0, 0.05) is 23.6 Å². The number of nitrogens with zero attached hydrogens (tertiary/aromatic N) is 2. The van der Waals surface area contributed by atoms with Crippen LogP contribution in [-0.4, -0.2) is 56.0 Å². The molecule has 0 bridgehead atoms. The van der Waals surface area contributed by atoms with E-state index in [1.807, 2.05) is 20.8 Å². The second-order valence-electron chi connectivity index (χ2n) is 7.41. The average molecular weight is 362 g/mol. The number of carbonyl (C=O) groups is 1. The first-order valence-corrected chi connectivity index (χ1v) is 8.88.